The third-order valence-corrected chi connectivity index (χ3v) is 1.92. The lowest BCUT2D eigenvalue weighted by Crippen LogP contribution is -2.00. The van der Waals surface area contributed by atoms with E-state index in [4.69, 9.17) is 0 Å². The van der Waals surface area contributed by atoms with Crippen molar-refractivity contribution >= 4 is 5.57 Å². The highest BCUT2D eigenvalue weighted by atomic mass is 14.1. The molecule has 0 aliphatic heterocycles. The SMILES string of the molecule is C=C/C(=C/C(C)(C)C)c1ccccc1. The van der Waals surface area contributed by atoms with Crippen molar-refractivity contribution in [3.8, 4) is 0 Å². The van der Waals surface area contributed by atoms with Crippen LogP contribution in [0, 0.1) is 5.41 Å². The maximum absolute atomic E-state index is 3.85. The molecule has 0 aliphatic carbocycles. The predicted molar refractivity (Wildman–Crippen MR) is 64.1 cm³/mol. The Kier molecular flexibility index (Phi) is 3.29. The highest BCUT2D eigenvalue weighted by Gasteiger charge is 2.07. The molecule has 1 rings (SSSR count). The molecular weight excluding hydrogens is 168 g/mol. The topological polar surface area (TPSA) is 0 Å². The van der Waals surface area contributed by atoms with E-state index in [1.54, 1.807) is 0 Å². The molecule has 0 unspecified atom stereocenters. The lowest BCUT2D eigenvalue weighted by atomic mass is 9.91. The molecular formula is C14H18. The molecule has 0 atom stereocenters. The van der Waals surface area contributed by atoms with Crippen LogP contribution in [0.25, 0.3) is 5.57 Å². The fourth-order valence-corrected chi connectivity index (χ4v) is 1.36. The molecule has 0 amide bonds. The number of rotatable bonds is 2. The van der Waals surface area contributed by atoms with Gasteiger partial charge in [-0.2, -0.15) is 0 Å². The standard InChI is InChI=1S/C14H18/c1-5-12(11-14(2,3)4)13-9-7-6-8-10-13/h5-11H,1H2,2-4H3/b12-11-. The van der Waals surface area contributed by atoms with Crippen LogP contribution in [0.1, 0.15) is 26.3 Å². The van der Waals surface area contributed by atoms with Crippen molar-refractivity contribution in [2.24, 2.45) is 5.41 Å². The van der Waals surface area contributed by atoms with Crippen molar-refractivity contribution in [1.82, 2.24) is 0 Å². The Balaban J connectivity index is 3.06. The molecule has 0 aliphatic rings. The van der Waals surface area contributed by atoms with Crippen molar-refractivity contribution in [3.05, 3.63) is 54.6 Å². The van der Waals surface area contributed by atoms with Crippen LogP contribution in [0.3, 0.4) is 0 Å². The van der Waals surface area contributed by atoms with Crippen LogP contribution in [0.4, 0.5) is 0 Å². The summed E-state index contributed by atoms with van der Waals surface area (Å²) in [5.74, 6) is 0. The summed E-state index contributed by atoms with van der Waals surface area (Å²) in [4.78, 5) is 0. The fourth-order valence-electron chi connectivity index (χ4n) is 1.36. The summed E-state index contributed by atoms with van der Waals surface area (Å²) in [6.07, 6.45) is 4.16. The van der Waals surface area contributed by atoms with Crippen LogP contribution in [-0.4, -0.2) is 0 Å². The summed E-state index contributed by atoms with van der Waals surface area (Å²) in [5.41, 5.74) is 2.63. The van der Waals surface area contributed by atoms with Crippen molar-refractivity contribution in [3.63, 3.8) is 0 Å². The van der Waals surface area contributed by atoms with Crippen molar-refractivity contribution in [2.75, 3.05) is 0 Å². The van der Waals surface area contributed by atoms with E-state index in [0.717, 1.165) is 0 Å². The quantitative estimate of drug-likeness (QED) is 0.604. The van der Waals surface area contributed by atoms with Crippen molar-refractivity contribution < 1.29 is 0 Å². The molecule has 0 N–H and O–H groups in total. The van der Waals surface area contributed by atoms with E-state index in [9.17, 15) is 0 Å². The van der Waals surface area contributed by atoms with Gasteiger partial charge in [0.05, 0.1) is 0 Å². The highest BCUT2D eigenvalue weighted by Crippen LogP contribution is 2.24. The molecule has 0 aromatic heterocycles. The molecule has 0 saturated heterocycles. The van der Waals surface area contributed by atoms with Gasteiger partial charge in [-0.25, -0.2) is 0 Å². The number of allylic oxidation sites excluding steroid dienone is 3. The smallest absolute Gasteiger partial charge is 0.0187 e. The zero-order chi connectivity index (χ0) is 10.6. The monoisotopic (exact) mass is 186 g/mol. The van der Waals surface area contributed by atoms with Crippen LogP contribution in [0.2, 0.25) is 0 Å². The van der Waals surface area contributed by atoms with Crippen LogP contribution in [0.15, 0.2) is 49.1 Å². The Hall–Kier alpha value is -1.30. The summed E-state index contributed by atoms with van der Waals surface area (Å²) < 4.78 is 0. The number of benzene rings is 1. The predicted octanol–water partition coefficient (Wildman–Crippen LogP) is 4.30. The third-order valence-electron chi connectivity index (χ3n) is 1.92. The summed E-state index contributed by atoms with van der Waals surface area (Å²) in [6, 6.07) is 10.4. The van der Waals surface area contributed by atoms with Gasteiger partial charge in [0.1, 0.15) is 0 Å². The minimum Gasteiger partial charge on any atom is -0.0985 e. The summed E-state index contributed by atoms with van der Waals surface area (Å²) >= 11 is 0. The molecule has 74 valence electrons. The van der Waals surface area contributed by atoms with E-state index in [2.05, 4.69) is 57.7 Å². The van der Waals surface area contributed by atoms with Crippen molar-refractivity contribution in [1.29, 1.82) is 0 Å². The van der Waals surface area contributed by atoms with Crippen LogP contribution in [-0.2, 0) is 0 Å². The Morgan fingerprint density at radius 3 is 2.14 bits per heavy atom. The molecule has 1 aromatic rings. The minimum atomic E-state index is 0.194. The Morgan fingerprint density at radius 1 is 1.14 bits per heavy atom. The molecule has 1 aromatic carbocycles. The van der Waals surface area contributed by atoms with Gasteiger partial charge in [-0.15, -0.1) is 0 Å². The Morgan fingerprint density at radius 2 is 1.71 bits per heavy atom. The molecule has 0 saturated carbocycles. The summed E-state index contributed by atoms with van der Waals surface area (Å²) in [5, 5.41) is 0. The number of hydrogen-bond donors (Lipinski definition) is 0. The fraction of sp³-hybridized carbons (Fsp3) is 0.286. The molecule has 0 fully saturated rings. The average Bonchev–Trinajstić information content (AvgIpc) is 2.14. The maximum atomic E-state index is 3.85. The van der Waals surface area contributed by atoms with Gasteiger partial charge in [0.15, 0.2) is 0 Å². The number of hydrogen-bond acceptors (Lipinski definition) is 0. The Bertz CT molecular complexity index is 323. The van der Waals surface area contributed by atoms with Gasteiger partial charge in [-0.1, -0.05) is 69.8 Å². The first-order valence-corrected chi connectivity index (χ1v) is 4.93. The third kappa shape index (κ3) is 3.21. The first kappa shape index (κ1) is 10.8. The van der Waals surface area contributed by atoms with E-state index in [1.165, 1.54) is 11.1 Å². The van der Waals surface area contributed by atoms with E-state index < -0.39 is 0 Å². The van der Waals surface area contributed by atoms with Crippen LogP contribution >= 0.6 is 0 Å². The Labute approximate surface area is 87.0 Å². The molecule has 0 bridgehead atoms. The van der Waals surface area contributed by atoms with E-state index in [-0.39, 0.29) is 5.41 Å². The second-order valence-corrected chi connectivity index (χ2v) is 4.54. The minimum absolute atomic E-state index is 0.194. The van der Waals surface area contributed by atoms with Crippen LogP contribution in [0.5, 0.6) is 0 Å². The molecule has 0 spiro atoms. The first-order valence-electron chi connectivity index (χ1n) is 4.93. The average molecular weight is 186 g/mol. The lowest BCUT2D eigenvalue weighted by molar-refractivity contribution is 0.546. The normalized spacial score (nSPS) is 12.6. The van der Waals surface area contributed by atoms with Crippen molar-refractivity contribution in [2.45, 2.75) is 20.8 Å². The summed E-state index contributed by atoms with van der Waals surface area (Å²) in [7, 11) is 0. The molecule has 14 heavy (non-hydrogen) atoms. The second-order valence-electron chi connectivity index (χ2n) is 4.54. The van der Waals surface area contributed by atoms with Gasteiger partial charge in [0.25, 0.3) is 0 Å². The van der Waals surface area contributed by atoms with E-state index in [0.29, 0.717) is 0 Å². The molecule has 0 heteroatoms. The second kappa shape index (κ2) is 4.28. The van der Waals surface area contributed by atoms with Gasteiger partial charge in [-0.3, -0.25) is 0 Å². The van der Waals surface area contributed by atoms with E-state index >= 15 is 0 Å². The van der Waals surface area contributed by atoms with Gasteiger partial charge in [-0.05, 0) is 16.6 Å². The zero-order valence-corrected chi connectivity index (χ0v) is 9.25. The highest BCUT2D eigenvalue weighted by molar-refractivity contribution is 5.73. The molecule has 0 radical (unpaired) electrons. The van der Waals surface area contributed by atoms with Gasteiger partial charge in [0.2, 0.25) is 0 Å². The van der Waals surface area contributed by atoms with Gasteiger partial charge < -0.3 is 0 Å². The molecule has 0 heterocycles. The lowest BCUT2D eigenvalue weighted by Gasteiger charge is -2.14. The van der Waals surface area contributed by atoms with Gasteiger partial charge >= 0.3 is 0 Å². The first-order chi connectivity index (χ1) is 6.53. The largest absolute Gasteiger partial charge is 0.0985 e. The summed E-state index contributed by atoms with van der Waals surface area (Å²) in [6.45, 7) is 10.4. The zero-order valence-electron chi connectivity index (χ0n) is 9.25. The van der Waals surface area contributed by atoms with Crippen LogP contribution < -0.4 is 0 Å². The van der Waals surface area contributed by atoms with Gasteiger partial charge in [0, 0.05) is 0 Å². The maximum Gasteiger partial charge on any atom is -0.0187 e. The van der Waals surface area contributed by atoms with E-state index in [1.807, 2.05) is 12.1 Å². The molecule has 0 nitrogen and oxygen atoms in total.